The van der Waals surface area contributed by atoms with Crippen molar-refractivity contribution in [2.75, 3.05) is 0 Å². The molecule has 1 heterocycles. The molecule has 0 atom stereocenters. The molecule has 15 heavy (non-hydrogen) atoms. The number of hydrogen-bond donors (Lipinski definition) is 0. The van der Waals surface area contributed by atoms with Gasteiger partial charge in [0, 0.05) is 0 Å². The Morgan fingerprint density at radius 1 is 1.33 bits per heavy atom. The second-order valence-corrected chi connectivity index (χ2v) is 3.67. The molecule has 0 radical (unpaired) electrons. The average Bonchev–Trinajstić information content (AvgIpc) is 2.26. The number of nitrogens with zero attached hydrogens (tertiary/aromatic N) is 2. The highest BCUT2D eigenvalue weighted by Gasteiger charge is 2.13. The summed E-state index contributed by atoms with van der Waals surface area (Å²) < 4.78 is 0.950. The Morgan fingerprint density at radius 3 is 2.80 bits per heavy atom. The Kier molecular flexibility index (Phi) is 2.54. The maximum Gasteiger partial charge on any atom is 0.302 e. The molecule has 0 spiro atoms. The summed E-state index contributed by atoms with van der Waals surface area (Å²) in [6.45, 7) is 3.89. The Labute approximate surface area is 89.0 Å². The van der Waals surface area contributed by atoms with E-state index in [1.807, 2.05) is 38.1 Å². The van der Waals surface area contributed by atoms with E-state index >= 15 is 0 Å². The van der Waals surface area contributed by atoms with E-state index in [-0.39, 0.29) is 0 Å². The SMILES string of the molecule is CCCc1nc2ccccc2c(C)[n+]1[O-]. The summed E-state index contributed by atoms with van der Waals surface area (Å²) in [4.78, 5) is 4.38. The summed E-state index contributed by atoms with van der Waals surface area (Å²) in [5.41, 5.74) is 1.65. The third-order valence-electron chi connectivity index (χ3n) is 2.56. The topological polar surface area (TPSA) is 39.8 Å². The smallest absolute Gasteiger partial charge is 0.302 e. The van der Waals surface area contributed by atoms with Gasteiger partial charge < -0.3 is 5.21 Å². The molecule has 0 fully saturated rings. The van der Waals surface area contributed by atoms with E-state index in [1.54, 1.807) is 0 Å². The van der Waals surface area contributed by atoms with Crippen LogP contribution in [0.5, 0.6) is 0 Å². The fourth-order valence-corrected chi connectivity index (χ4v) is 1.75. The van der Waals surface area contributed by atoms with Gasteiger partial charge in [-0.05, 0) is 30.5 Å². The van der Waals surface area contributed by atoms with E-state index in [0.29, 0.717) is 5.82 Å². The van der Waals surface area contributed by atoms with Crippen molar-refractivity contribution in [3.8, 4) is 0 Å². The van der Waals surface area contributed by atoms with Crippen LogP contribution in [0.3, 0.4) is 0 Å². The molecule has 3 heteroatoms. The Morgan fingerprint density at radius 2 is 2.07 bits per heavy atom. The van der Waals surface area contributed by atoms with Gasteiger partial charge in [0.25, 0.3) is 0 Å². The normalized spacial score (nSPS) is 10.8. The van der Waals surface area contributed by atoms with Gasteiger partial charge in [-0.3, -0.25) is 0 Å². The minimum atomic E-state index is 0.619. The van der Waals surface area contributed by atoms with Gasteiger partial charge in [-0.2, -0.15) is 0 Å². The van der Waals surface area contributed by atoms with Gasteiger partial charge in [-0.1, -0.05) is 19.1 Å². The Hall–Kier alpha value is -1.64. The van der Waals surface area contributed by atoms with Gasteiger partial charge in [0.1, 0.15) is 5.69 Å². The summed E-state index contributed by atoms with van der Waals surface area (Å²) >= 11 is 0. The lowest BCUT2D eigenvalue weighted by atomic mass is 10.2. The first-order valence-corrected chi connectivity index (χ1v) is 5.22. The van der Waals surface area contributed by atoms with Crippen molar-refractivity contribution in [1.82, 2.24) is 4.98 Å². The maximum atomic E-state index is 11.8. The zero-order valence-electron chi connectivity index (χ0n) is 9.03. The average molecular weight is 202 g/mol. The largest absolute Gasteiger partial charge is 0.711 e. The number of rotatable bonds is 2. The third-order valence-corrected chi connectivity index (χ3v) is 2.56. The van der Waals surface area contributed by atoms with Crippen LogP contribution >= 0.6 is 0 Å². The first kappa shape index (κ1) is 9.90. The molecule has 0 bridgehead atoms. The van der Waals surface area contributed by atoms with Crippen LogP contribution in [0.15, 0.2) is 24.3 Å². The molecular formula is C12H14N2O. The molecule has 0 aliphatic carbocycles. The van der Waals surface area contributed by atoms with Gasteiger partial charge in [0.2, 0.25) is 0 Å². The lowest BCUT2D eigenvalue weighted by Crippen LogP contribution is -2.36. The van der Waals surface area contributed by atoms with Crippen LogP contribution in [0.4, 0.5) is 0 Å². The molecule has 78 valence electrons. The predicted octanol–water partition coefficient (Wildman–Crippen LogP) is 2.13. The van der Waals surface area contributed by atoms with Crippen LogP contribution in [0.25, 0.3) is 10.9 Å². The molecule has 0 aliphatic heterocycles. The van der Waals surface area contributed by atoms with E-state index < -0.39 is 0 Å². The van der Waals surface area contributed by atoms with Crippen molar-refractivity contribution in [2.45, 2.75) is 26.7 Å². The molecule has 3 nitrogen and oxygen atoms in total. The first-order chi connectivity index (χ1) is 7.24. The first-order valence-electron chi connectivity index (χ1n) is 5.22. The fraction of sp³-hybridized carbons (Fsp3) is 0.333. The van der Waals surface area contributed by atoms with Crippen molar-refractivity contribution >= 4 is 10.9 Å². The molecule has 0 N–H and O–H groups in total. The quantitative estimate of drug-likeness (QED) is 0.553. The minimum absolute atomic E-state index is 0.619. The van der Waals surface area contributed by atoms with E-state index in [9.17, 15) is 5.21 Å². The van der Waals surface area contributed by atoms with Crippen LogP contribution in [0, 0.1) is 12.1 Å². The van der Waals surface area contributed by atoms with Gasteiger partial charge in [-0.25, -0.2) is 4.73 Å². The van der Waals surface area contributed by atoms with Crippen molar-refractivity contribution < 1.29 is 4.73 Å². The second kappa shape index (κ2) is 3.85. The molecule has 1 aromatic carbocycles. The molecule has 0 amide bonds. The molecule has 0 saturated carbocycles. The van der Waals surface area contributed by atoms with E-state index in [1.165, 1.54) is 0 Å². The summed E-state index contributed by atoms with van der Waals surface area (Å²) in [6.07, 6.45) is 1.67. The maximum absolute atomic E-state index is 11.8. The number of hydrogen-bond acceptors (Lipinski definition) is 2. The lowest BCUT2D eigenvalue weighted by molar-refractivity contribution is -0.622. The molecular weight excluding hydrogens is 188 g/mol. The van der Waals surface area contributed by atoms with Crippen LogP contribution in [0.2, 0.25) is 0 Å². The monoisotopic (exact) mass is 202 g/mol. The van der Waals surface area contributed by atoms with Gasteiger partial charge in [0.15, 0.2) is 5.52 Å². The van der Waals surface area contributed by atoms with Gasteiger partial charge >= 0.3 is 5.82 Å². The standard InChI is InChI=1S/C12H14N2O/c1-3-6-12-13-11-8-5-4-7-10(11)9(2)14(12)15/h4-5,7-8H,3,6H2,1-2H3. The zero-order valence-corrected chi connectivity index (χ0v) is 9.03. The number of aromatic nitrogens is 2. The fourth-order valence-electron chi connectivity index (χ4n) is 1.75. The second-order valence-electron chi connectivity index (χ2n) is 3.67. The number of fused-ring (bicyclic) bond motifs is 1. The van der Waals surface area contributed by atoms with Crippen molar-refractivity contribution in [2.24, 2.45) is 0 Å². The Bertz CT molecular complexity index is 494. The van der Waals surface area contributed by atoms with Crippen molar-refractivity contribution in [1.29, 1.82) is 0 Å². The van der Waals surface area contributed by atoms with Crippen molar-refractivity contribution in [3.05, 3.63) is 41.0 Å². The molecule has 0 aliphatic rings. The zero-order chi connectivity index (χ0) is 10.8. The molecule has 0 unspecified atom stereocenters. The minimum Gasteiger partial charge on any atom is -0.711 e. The summed E-state index contributed by atoms with van der Waals surface area (Å²) in [5.74, 6) is 0.619. The van der Waals surface area contributed by atoms with Crippen LogP contribution in [-0.4, -0.2) is 4.98 Å². The summed E-state index contributed by atoms with van der Waals surface area (Å²) in [6, 6.07) is 7.75. The number of aryl methyl sites for hydroxylation is 2. The van der Waals surface area contributed by atoms with Crippen LogP contribution < -0.4 is 4.73 Å². The van der Waals surface area contributed by atoms with E-state index in [2.05, 4.69) is 4.98 Å². The third kappa shape index (κ3) is 1.65. The van der Waals surface area contributed by atoms with Gasteiger partial charge in [0.05, 0.1) is 11.8 Å². The highest BCUT2D eigenvalue weighted by atomic mass is 16.5. The molecule has 0 saturated heterocycles. The van der Waals surface area contributed by atoms with E-state index in [4.69, 9.17) is 0 Å². The van der Waals surface area contributed by atoms with Gasteiger partial charge in [-0.15, -0.1) is 0 Å². The van der Waals surface area contributed by atoms with E-state index in [0.717, 1.165) is 34.2 Å². The lowest BCUT2D eigenvalue weighted by Gasteiger charge is -2.10. The molecule has 2 rings (SSSR count). The van der Waals surface area contributed by atoms with Crippen molar-refractivity contribution in [3.63, 3.8) is 0 Å². The molecule has 2 aromatic rings. The Balaban J connectivity index is 2.71. The number of benzene rings is 1. The molecule has 1 aromatic heterocycles. The summed E-state index contributed by atoms with van der Waals surface area (Å²) in [5, 5.41) is 12.8. The van der Waals surface area contributed by atoms with Crippen LogP contribution in [-0.2, 0) is 6.42 Å². The summed E-state index contributed by atoms with van der Waals surface area (Å²) in [7, 11) is 0. The number of para-hydroxylation sites is 1. The highest BCUT2D eigenvalue weighted by Crippen LogP contribution is 2.13. The predicted molar refractivity (Wildman–Crippen MR) is 59.4 cm³/mol. The highest BCUT2D eigenvalue weighted by molar-refractivity contribution is 5.79. The van der Waals surface area contributed by atoms with Crippen LogP contribution in [0.1, 0.15) is 24.9 Å².